The minimum Gasteiger partial charge on any atom is -0.355 e. The fourth-order valence-electron chi connectivity index (χ4n) is 2.41. The Labute approximate surface area is 148 Å². The Morgan fingerprint density at radius 3 is 2.59 bits per heavy atom. The molecular weight excluding hydrogens is 339 g/mol. The smallest absolute Gasteiger partial charge is 0.230 e. The summed E-state index contributed by atoms with van der Waals surface area (Å²) in [6.45, 7) is 5.15. The summed E-state index contributed by atoms with van der Waals surface area (Å²) in [7, 11) is 0. The molecule has 0 atom stereocenters. The lowest BCUT2D eigenvalue weighted by molar-refractivity contribution is -0.119. The summed E-state index contributed by atoms with van der Waals surface area (Å²) in [5.74, 6) is 1.48. The van der Waals surface area contributed by atoms with Crippen LogP contribution in [0.2, 0.25) is 5.02 Å². The van der Waals surface area contributed by atoms with E-state index in [1.165, 1.54) is 5.56 Å². The standard InChI is InChI=1S/C16H23ClN2OS.ClH/c1-16(6-8-18-9-7-16)12-19-15(20)11-21-10-13-2-4-14(17)5-3-13;/h2-5,18H,6-12H2,1H3,(H,19,20);1H. The summed E-state index contributed by atoms with van der Waals surface area (Å²) < 4.78 is 0. The van der Waals surface area contributed by atoms with Gasteiger partial charge in [-0.3, -0.25) is 4.79 Å². The van der Waals surface area contributed by atoms with Crippen LogP contribution in [0.5, 0.6) is 0 Å². The van der Waals surface area contributed by atoms with Crippen LogP contribution in [0.3, 0.4) is 0 Å². The van der Waals surface area contributed by atoms with Gasteiger partial charge in [-0.2, -0.15) is 0 Å². The first kappa shape index (κ1) is 19.6. The van der Waals surface area contributed by atoms with E-state index in [1.54, 1.807) is 11.8 Å². The minimum absolute atomic E-state index is 0. The third-order valence-electron chi connectivity index (χ3n) is 3.94. The highest BCUT2D eigenvalue weighted by Crippen LogP contribution is 2.26. The number of amides is 1. The van der Waals surface area contributed by atoms with Crippen molar-refractivity contribution in [1.82, 2.24) is 10.6 Å². The zero-order valence-corrected chi connectivity index (χ0v) is 15.3. The largest absolute Gasteiger partial charge is 0.355 e. The lowest BCUT2D eigenvalue weighted by Crippen LogP contribution is -2.43. The first-order chi connectivity index (χ1) is 10.1. The van der Waals surface area contributed by atoms with E-state index in [2.05, 4.69) is 17.6 Å². The molecule has 0 bridgehead atoms. The molecule has 6 heteroatoms. The lowest BCUT2D eigenvalue weighted by Gasteiger charge is -2.34. The molecule has 1 aliphatic rings. The van der Waals surface area contributed by atoms with E-state index in [1.807, 2.05) is 24.3 Å². The van der Waals surface area contributed by atoms with Gasteiger partial charge in [0, 0.05) is 17.3 Å². The quantitative estimate of drug-likeness (QED) is 0.813. The van der Waals surface area contributed by atoms with E-state index < -0.39 is 0 Å². The number of halogens is 2. The van der Waals surface area contributed by atoms with Crippen molar-refractivity contribution in [2.75, 3.05) is 25.4 Å². The number of thioether (sulfide) groups is 1. The Morgan fingerprint density at radius 2 is 1.95 bits per heavy atom. The van der Waals surface area contributed by atoms with Crippen LogP contribution in [0.25, 0.3) is 0 Å². The first-order valence-electron chi connectivity index (χ1n) is 7.37. The molecular formula is C16H24Cl2N2OS. The van der Waals surface area contributed by atoms with Gasteiger partial charge in [0.2, 0.25) is 5.91 Å². The zero-order chi connectivity index (χ0) is 15.1. The fourth-order valence-corrected chi connectivity index (χ4v) is 3.36. The van der Waals surface area contributed by atoms with Crippen molar-refractivity contribution in [1.29, 1.82) is 0 Å². The average molecular weight is 363 g/mol. The molecule has 1 amide bonds. The van der Waals surface area contributed by atoms with Crippen LogP contribution >= 0.6 is 35.8 Å². The minimum atomic E-state index is 0. The van der Waals surface area contributed by atoms with Crippen LogP contribution in [0.1, 0.15) is 25.3 Å². The summed E-state index contributed by atoms with van der Waals surface area (Å²) >= 11 is 7.49. The second-order valence-corrected chi connectivity index (χ2v) is 7.38. The molecule has 3 nitrogen and oxygen atoms in total. The second kappa shape index (κ2) is 9.66. The zero-order valence-electron chi connectivity index (χ0n) is 12.9. The molecule has 0 unspecified atom stereocenters. The molecule has 2 rings (SSSR count). The highest BCUT2D eigenvalue weighted by atomic mass is 35.5. The van der Waals surface area contributed by atoms with E-state index in [4.69, 9.17) is 11.6 Å². The Kier molecular flexibility index (Phi) is 8.62. The van der Waals surface area contributed by atoms with Crippen LogP contribution in [-0.4, -0.2) is 31.3 Å². The van der Waals surface area contributed by atoms with Crippen LogP contribution in [0.4, 0.5) is 0 Å². The Bertz CT molecular complexity index is 462. The van der Waals surface area contributed by atoms with Gasteiger partial charge in [0.25, 0.3) is 0 Å². The number of rotatable bonds is 6. The molecule has 1 fully saturated rings. The second-order valence-electron chi connectivity index (χ2n) is 5.96. The molecule has 124 valence electrons. The van der Waals surface area contributed by atoms with Gasteiger partial charge in [-0.25, -0.2) is 0 Å². The third kappa shape index (κ3) is 6.78. The summed E-state index contributed by atoms with van der Waals surface area (Å²) in [5, 5.41) is 7.18. The highest BCUT2D eigenvalue weighted by molar-refractivity contribution is 7.99. The lowest BCUT2D eigenvalue weighted by atomic mass is 9.81. The molecule has 1 aliphatic heterocycles. The average Bonchev–Trinajstić information content (AvgIpc) is 2.48. The molecule has 1 aromatic carbocycles. The van der Waals surface area contributed by atoms with Gasteiger partial charge in [0.05, 0.1) is 5.75 Å². The molecule has 0 radical (unpaired) electrons. The van der Waals surface area contributed by atoms with Crippen molar-refractivity contribution in [2.45, 2.75) is 25.5 Å². The topological polar surface area (TPSA) is 41.1 Å². The summed E-state index contributed by atoms with van der Waals surface area (Å²) in [5.41, 5.74) is 1.45. The Hall–Kier alpha value is -0.420. The van der Waals surface area contributed by atoms with Gasteiger partial charge < -0.3 is 10.6 Å². The molecule has 1 aromatic rings. The number of carbonyl (C=O) groups excluding carboxylic acids is 1. The maximum absolute atomic E-state index is 11.9. The predicted molar refractivity (Wildman–Crippen MR) is 98.1 cm³/mol. The highest BCUT2D eigenvalue weighted by Gasteiger charge is 2.26. The van der Waals surface area contributed by atoms with Crippen molar-refractivity contribution in [3.63, 3.8) is 0 Å². The molecule has 0 spiro atoms. The van der Waals surface area contributed by atoms with Crippen LogP contribution < -0.4 is 10.6 Å². The van der Waals surface area contributed by atoms with E-state index in [-0.39, 0.29) is 23.7 Å². The van der Waals surface area contributed by atoms with Crippen LogP contribution in [0, 0.1) is 5.41 Å². The summed E-state index contributed by atoms with van der Waals surface area (Å²) in [4.78, 5) is 11.9. The number of benzene rings is 1. The van der Waals surface area contributed by atoms with Gasteiger partial charge in [-0.15, -0.1) is 24.2 Å². The van der Waals surface area contributed by atoms with E-state index in [0.29, 0.717) is 5.75 Å². The fraction of sp³-hybridized carbons (Fsp3) is 0.562. The maximum Gasteiger partial charge on any atom is 0.230 e. The first-order valence-corrected chi connectivity index (χ1v) is 8.90. The number of carbonyl (C=O) groups is 1. The van der Waals surface area contributed by atoms with E-state index >= 15 is 0 Å². The summed E-state index contributed by atoms with van der Waals surface area (Å²) in [6.07, 6.45) is 2.26. The van der Waals surface area contributed by atoms with Crippen LogP contribution in [-0.2, 0) is 10.5 Å². The van der Waals surface area contributed by atoms with Gasteiger partial charge >= 0.3 is 0 Å². The van der Waals surface area contributed by atoms with E-state index in [9.17, 15) is 4.79 Å². The Balaban J connectivity index is 0.00000242. The van der Waals surface area contributed by atoms with Gasteiger partial charge in [-0.1, -0.05) is 30.7 Å². The maximum atomic E-state index is 11.9. The number of hydrogen-bond acceptors (Lipinski definition) is 3. The molecule has 22 heavy (non-hydrogen) atoms. The molecule has 1 heterocycles. The number of hydrogen-bond donors (Lipinski definition) is 2. The normalized spacial score (nSPS) is 16.6. The molecule has 1 saturated heterocycles. The van der Waals surface area contributed by atoms with Gasteiger partial charge in [0.1, 0.15) is 0 Å². The van der Waals surface area contributed by atoms with E-state index in [0.717, 1.165) is 43.3 Å². The monoisotopic (exact) mass is 362 g/mol. The number of piperidine rings is 1. The SMILES string of the molecule is CC1(CNC(=O)CSCc2ccc(Cl)cc2)CCNCC1.Cl. The van der Waals surface area contributed by atoms with Crippen molar-refractivity contribution in [3.8, 4) is 0 Å². The predicted octanol–water partition coefficient (Wildman–Crippen LogP) is 3.50. The van der Waals surface area contributed by atoms with Crippen LogP contribution in [0.15, 0.2) is 24.3 Å². The van der Waals surface area contributed by atoms with Crippen molar-refractivity contribution in [3.05, 3.63) is 34.9 Å². The third-order valence-corrected chi connectivity index (χ3v) is 5.19. The van der Waals surface area contributed by atoms with Crippen molar-refractivity contribution >= 4 is 41.7 Å². The van der Waals surface area contributed by atoms with Gasteiger partial charge in [-0.05, 0) is 49.0 Å². The molecule has 0 aromatic heterocycles. The van der Waals surface area contributed by atoms with Gasteiger partial charge in [0.15, 0.2) is 0 Å². The number of nitrogens with one attached hydrogen (secondary N) is 2. The summed E-state index contributed by atoms with van der Waals surface area (Å²) in [6, 6.07) is 7.78. The Morgan fingerprint density at radius 1 is 1.32 bits per heavy atom. The van der Waals surface area contributed by atoms with Crippen molar-refractivity contribution < 1.29 is 4.79 Å². The molecule has 0 saturated carbocycles. The molecule has 2 N–H and O–H groups in total. The molecule has 0 aliphatic carbocycles. The van der Waals surface area contributed by atoms with Crippen molar-refractivity contribution in [2.24, 2.45) is 5.41 Å².